The second-order valence-corrected chi connectivity index (χ2v) is 11.0. The number of rotatable bonds is 12. The highest BCUT2D eigenvalue weighted by Gasteiger charge is 2.22. The molecule has 0 spiro atoms. The summed E-state index contributed by atoms with van der Waals surface area (Å²) in [5.74, 6) is -0.226. The Bertz CT molecular complexity index is 1260. The molecule has 1 aromatic heterocycles. The van der Waals surface area contributed by atoms with E-state index in [0.717, 1.165) is 45.7 Å². The maximum absolute atomic E-state index is 12.6. The third-order valence-corrected chi connectivity index (χ3v) is 7.89. The Morgan fingerprint density at radius 1 is 0.949 bits per heavy atom. The second-order valence-electron chi connectivity index (χ2n) is 10.00. The molecule has 39 heavy (non-hydrogen) atoms. The molecule has 0 bridgehead atoms. The van der Waals surface area contributed by atoms with E-state index < -0.39 is 0 Å². The molecule has 4 rings (SSSR count). The smallest absolute Gasteiger partial charge is 0.246 e. The normalized spacial score (nSPS) is 13.9. The molecule has 2 aromatic carbocycles. The van der Waals surface area contributed by atoms with Gasteiger partial charge in [0.05, 0.1) is 23.3 Å². The van der Waals surface area contributed by atoms with Crippen LogP contribution in [-0.4, -0.2) is 75.5 Å². The number of aryl methyl sites for hydroxylation is 1. The quantitative estimate of drug-likeness (QED) is 0.196. The number of carbonyl (C=O) groups excluding carboxylic acids is 3. The highest BCUT2D eigenvalue weighted by molar-refractivity contribution is 7.22. The molecule has 0 unspecified atom stereocenters. The van der Waals surface area contributed by atoms with E-state index in [9.17, 15) is 19.6 Å². The van der Waals surface area contributed by atoms with Crippen LogP contribution >= 0.6 is 11.3 Å². The summed E-state index contributed by atoms with van der Waals surface area (Å²) in [6.45, 7) is 5.06. The van der Waals surface area contributed by atoms with Crippen molar-refractivity contribution in [3.63, 3.8) is 0 Å². The molecule has 0 atom stereocenters. The zero-order chi connectivity index (χ0) is 27.6. The Kier molecular flexibility index (Phi) is 10.4. The van der Waals surface area contributed by atoms with Crippen LogP contribution in [0.2, 0.25) is 0 Å². The number of hydrogen-bond donors (Lipinski definition) is 2. The van der Waals surface area contributed by atoms with Crippen LogP contribution in [0.15, 0.2) is 48.5 Å². The number of fused-ring (bicyclic) bond motifs is 1. The number of carbonyl (C=O) groups is 3. The predicted molar refractivity (Wildman–Crippen MR) is 152 cm³/mol. The molecule has 2 N–H and O–H groups in total. The van der Waals surface area contributed by atoms with Gasteiger partial charge in [-0.15, -0.1) is 0 Å². The predicted octanol–water partition coefficient (Wildman–Crippen LogP) is 4.45. The van der Waals surface area contributed by atoms with Crippen molar-refractivity contribution in [2.45, 2.75) is 52.0 Å². The van der Waals surface area contributed by atoms with Gasteiger partial charge in [0, 0.05) is 39.0 Å². The van der Waals surface area contributed by atoms with Crippen LogP contribution in [0.3, 0.4) is 0 Å². The summed E-state index contributed by atoms with van der Waals surface area (Å²) in [4.78, 5) is 45.8. The summed E-state index contributed by atoms with van der Waals surface area (Å²) in [7, 11) is 0. The fourth-order valence-electron chi connectivity index (χ4n) is 4.69. The average Bonchev–Trinajstić information content (AvgIpc) is 3.35. The van der Waals surface area contributed by atoms with Crippen LogP contribution in [0.1, 0.15) is 49.7 Å². The number of nitrogens with one attached hydrogen (secondary N) is 1. The molecule has 0 radical (unpaired) electrons. The Balaban J connectivity index is 1.06. The molecule has 0 aliphatic carbocycles. The maximum Gasteiger partial charge on any atom is 0.246 e. The molecule has 10 heteroatoms. The monoisotopic (exact) mass is 551 g/mol. The van der Waals surface area contributed by atoms with Gasteiger partial charge in [0.25, 0.3) is 0 Å². The zero-order valence-electron chi connectivity index (χ0n) is 22.5. The molecule has 3 amide bonds. The summed E-state index contributed by atoms with van der Waals surface area (Å²) < 4.78 is 1.06. The summed E-state index contributed by atoms with van der Waals surface area (Å²) in [5.41, 5.74) is 2.90. The van der Waals surface area contributed by atoms with Gasteiger partial charge in [-0.05, 0) is 37.0 Å². The van der Waals surface area contributed by atoms with Gasteiger partial charge in [-0.1, -0.05) is 66.6 Å². The fraction of sp³-hybridized carbons (Fsp3) is 0.448. The fourth-order valence-corrected chi connectivity index (χ4v) is 5.65. The summed E-state index contributed by atoms with van der Waals surface area (Å²) in [5, 5.41) is 14.3. The summed E-state index contributed by atoms with van der Waals surface area (Å²) >= 11 is 1.48. The van der Waals surface area contributed by atoms with Crippen LogP contribution < -0.4 is 5.32 Å². The van der Waals surface area contributed by atoms with Crippen molar-refractivity contribution in [1.29, 1.82) is 0 Å². The molecule has 2 heterocycles. The minimum Gasteiger partial charge on any atom is -0.340 e. The maximum atomic E-state index is 12.6. The van der Waals surface area contributed by atoms with Gasteiger partial charge in [-0.2, -0.15) is 0 Å². The number of aromatic nitrogens is 1. The van der Waals surface area contributed by atoms with E-state index in [4.69, 9.17) is 0 Å². The lowest BCUT2D eigenvalue weighted by atomic mass is 10.1. The van der Waals surface area contributed by atoms with E-state index in [1.807, 2.05) is 60.4 Å². The third-order valence-electron chi connectivity index (χ3n) is 6.95. The van der Waals surface area contributed by atoms with Gasteiger partial charge in [0.1, 0.15) is 0 Å². The standard InChI is InChI=1S/C29H37N5O4S/c1-22-10-9-13-24-28(22)31-29(39-24)30-25(35)21-32-16-18-33(19-17-32)26(36)14-7-2-3-8-15-27(37)34(38)20-23-11-5-4-6-12-23/h4-6,9-13,38H,2-3,7-8,14-21H2,1H3,(H,30,31,35). The average molecular weight is 552 g/mol. The van der Waals surface area contributed by atoms with Crippen molar-refractivity contribution in [2.24, 2.45) is 0 Å². The first-order valence-corrected chi connectivity index (χ1v) is 14.4. The number of thiazole rings is 1. The number of amides is 3. The number of hydrogen-bond acceptors (Lipinski definition) is 7. The van der Waals surface area contributed by atoms with Crippen molar-refractivity contribution in [3.8, 4) is 0 Å². The number of hydroxylamine groups is 2. The van der Waals surface area contributed by atoms with E-state index in [1.165, 1.54) is 11.3 Å². The lowest BCUT2D eigenvalue weighted by Gasteiger charge is -2.34. The molecule has 9 nitrogen and oxygen atoms in total. The SMILES string of the molecule is Cc1cccc2sc(NC(=O)CN3CCN(C(=O)CCCCCCC(=O)N(O)Cc4ccccc4)CC3)nc12. The van der Waals surface area contributed by atoms with E-state index in [1.54, 1.807) is 0 Å². The van der Waals surface area contributed by atoms with Crippen molar-refractivity contribution in [3.05, 3.63) is 59.7 Å². The van der Waals surface area contributed by atoms with Crippen LogP contribution in [0.25, 0.3) is 10.2 Å². The topological polar surface area (TPSA) is 106 Å². The van der Waals surface area contributed by atoms with Gasteiger partial charge in [0.2, 0.25) is 17.7 Å². The van der Waals surface area contributed by atoms with E-state index in [-0.39, 0.29) is 30.8 Å². The zero-order valence-corrected chi connectivity index (χ0v) is 23.3. The lowest BCUT2D eigenvalue weighted by Crippen LogP contribution is -2.50. The number of piperazine rings is 1. The molecule has 0 saturated carbocycles. The van der Waals surface area contributed by atoms with E-state index in [0.29, 0.717) is 50.6 Å². The van der Waals surface area contributed by atoms with Gasteiger partial charge in [-0.25, -0.2) is 10.0 Å². The van der Waals surface area contributed by atoms with Crippen LogP contribution in [0, 0.1) is 6.92 Å². The summed E-state index contributed by atoms with van der Waals surface area (Å²) in [6, 6.07) is 15.4. The minimum absolute atomic E-state index is 0.0886. The van der Waals surface area contributed by atoms with Crippen molar-refractivity contribution < 1.29 is 19.6 Å². The van der Waals surface area contributed by atoms with Crippen LogP contribution in [-0.2, 0) is 20.9 Å². The Labute approximate surface area is 233 Å². The lowest BCUT2D eigenvalue weighted by molar-refractivity contribution is -0.168. The number of unbranched alkanes of at least 4 members (excludes halogenated alkanes) is 3. The van der Waals surface area contributed by atoms with Crippen molar-refractivity contribution in [2.75, 3.05) is 38.0 Å². The van der Waals surface area contributed by atoms with Gasteiger partial charge in [0.15, 0.2) is 5.13 Å². The number of benzene rings is 2. The Hall–Kier alpha value is -3.34. The first kappa shape index (κ1) is 28.7. The molecular weight excluding hydrogens is 514 g/mol. The Morgan fingerprint density at radius 2 is 1.67 bits per heavy atom. The van der Waals surface area contributed by atoms with E-state index >= 15 is 0 Å². The van der Waals surface area contributed by atoms with Crippen LogP contribution in [0.5, 0.6) is 0 Å². The van der Waals surface area contributed by atoms with Gasteiger partial charge < -0.3 is 10.2 Å². The molecule has 1 fully saturated rings. The number of anilines is 1. The minimum atomic E-state index is -0.281. The first-order chi connectivity index (χ1) is 18.9. The molecule has 1 aliphatic heterocycles. The third kappa shape index (κ3) is 8.58. The van der Waals surface area contributed by atoms with E-state index in [2.05, 4.69) is 15.2 Å². The van der Waals surface area contributed by atoms with Crippen molar-refractivity contribution >= 4 is 44.4 Å². The van der Waals surface area contributed by atoms with Crippen LogP contribution in [0.4, 0.5) is 5.13 Å². The Morgan fingerprint density at radius 3 is 2.38 bits per heavy atom. The van der Waals surface area contributed by atoms with Crippen molar-refractivity contribution in [1.82, 2.24) is 19.8 Å². The van der Waals surface area contributed by atoms with Gasteiger partial charge >= 0.3 is 0 Å². The molecule has 1 saturated heterocycles. The molecule has 3 aromatic rings. The first-order valence-electron chi connectivity index (χ1n) is 13.6. The highest BCUT2D eigenvalue weighted by Crippen LogP contribution is 2.27. The number of nitrogens with zero attached hydrogens (tertiary/aromatic N) is 4. The molecule has 208 valence electrons. The molecule has 1 aliphatic rings. The largest absolute Gasteiger partial charge is 0.340 e. The van der Waals surface area contributed by atoms with Gasteiger partial charge in [-0.3, -0.25) is 24.5 Å². The summed E-state index contributed by atoms with van der Waals surface area (Å²) in [6.07, 6.45) is 3.97. The second kappa shape index (κ2) is 14.2. The highest BCUT2D eigenvalue weighted by atomic mass is 32.1. The number of para-hydroxylation sites is 1. The molecular formula is C29H37N5O4S.